The van der Waals surface area contributed by atoms with Crippen LogP contribution in [0.15, 0.2) is 18.2 Å². The lowest BCUT2D eigenvalue weighted by Crippen LogP contribution is -2.36. The zero-order valence-corrected chi connectivity index (χ0v) is 9.47. The molecule has 0 radical (unpaired) electrons. The molecule has 0 aliphatic heterocycles. The summed E-state index contributed by atoms with van der Waals surface area (Å²) < 4.78 is 26.3. The van der Waals surface area contributed by atoms with Crippen molar-refractivity contribution in [1.29, 1.82) is 0 Å². The SMILES string of the molecule is CC(NCCNC(N)=O)c1cc(F)ccc1F. The van der Waals surface area contributed by atoms with Gasteiger partial charge in [0.2, 0.25) is 0 Å². The highest BCUT2D eigenvalue weighted by molar-refractivity contribution is 5.71. The largest absolute Gasteiger partial charge is 0.352 e. The normalized spacial score (nSPS) is 12.2. The van der Waals surface area contributed by atoms with Gasteiger partial charge in [-0.25, -0.2) is 13.6 Å². The summed E-state index contributed by atoms with van der Waals surface area (Å²) in [7, 11) is 0. The smallest absolute Gasteiger partial charge is 0.312 e. The molecule has 2 amide bonds. The fraction of sp³-hybridized carbons (Fsp3) is 0.364. The predicted molar refractivity (Wildman–Crippen MR) is 60.4 cm³/mol. The topological polar surface area (TPSA) is 67.2 Å². The maximum Gasteiger partial charge on any atom is 0.312 e. The average Bonchev–Trinajstić information content (AvgIpc) is 2.27. The second kappa shape index (κ2) is 6.15. The van der Waals surface area contributed by atoms with Crippen LogP contribution in [-0.2, 0) is 0 Å². The van der Waals surface area contributed by atoms with E-state index in [2.05, 4.69) is 10.6 Å². The molecule has 0 heterocycles. The molecule has 94 valence electrons. The minimum absolute atomic E-state index is 0.254. The van der Waals surface area contributed by atoms with E-state index in [1.54, 1.807) is 6.92 Å². The Morgan fingerprint density at radius 2 is 2.12 bits per heavy atom. The van der Waals surface area contributed by atoms with Crippen LogP contribution in [0, 0.1) is 11.6 Å². The van der Waals surface area contributed by atoms with Crippen LogP contribution < -0.4 is 16.4 Å². The van der Waals surface area contributed by atoms with Gasteiger partial charge in [0, 0.05) is 24.7 Å². The van der Waals surface area contributed by atoms with Crippen molar-refractivity contribution in [1.82, 2.24) is 10.6 Å². The molecule has 0 saturated heterocycles. The molecule has 0 bridgehead atoms. The van der Waals surface area contributed by atoms with Gasteiger partial charge < -0.3 is 16.4 Å². The highest BCUT2D eigenvalue weighted by atomic mass is 19.1. The van der Waals surface area contributed by atoms with Crippen LogP contribution in [0.5, 0.6) is 0 Å². The summed E-state index contributed by atoms with van der Waals surface area (Å²) in [4.78, 5) is 10.4. The average molecular weight is 243 g/mol. The lowest BCUT2D eigenvalue weighted by molar-refractivity contribution is 0.249. The standard InChI is InChI=1S/C11H15F2N3O/c1-7(15-4-5-16-11(14)17)9-6-8(12)2-3-10(9)13/h2-3,6-7,15H,4-5H2,1H3,(H3,14,16,17). The number of primary amides is 1. The first-order chi connectivity index (χ1) is 8.00. The second-order valence-corrected chi connectivity index (χ2v) is 3.63. The summed E-state index contributed by atoms with van der Waals surface area (Å²) in [5, 5.41) is 5.33. The van der Waals surface area contributed by atoms with E-state index in [4.69, 9.17) is 5.73 Å². The number of halogens is 2. The van der Waals surface area contributed by atoms with E-state index in [9.17, 15) is 13.6 Å². The lowest BCUT2D eigenvalue weighted by atomic mass is 10.1. The minimum atomic E-state index is -0.614. The van der Waals surface area contributed by atoms with Crippen molar-refractivity contribution in [2.75, 3.05) is 13.1 Å². The predicted octanol–water partition coefficient (Wildman–Crippen LogP) is 1.28. The number of hydrogen-bond donors (Lipinski definition) is 3. The molecule has 0 aliphatic rings. The Bertz CT molecular complexity index is 398. The second-order valence-electron chi connectivity index (χ2n) is 3.63. The fourth-order valence-electron chi connectivity index (χ4n) is 1.43. The summed E-state index contributed by atoms with van der Waals surface area (Å²) in [5.74, 6) is -0.945. The van der Waals surface area contributed by atoms with Gasteiger partial charge in [0.1, 0.15) is 11.6 Å². The summed E-state index contributed by atoms with van der Waals surface area (Å²) in [6, 6.07) is 2.34. The van der Waals surface area contributed by atoms with E-state index in [1.165, 1.54) is 0 Å². The Labute approximate surface area is 98.2 Å². The van der Waals surface area contributed by atoms with Crippen LogP contribution in [-0.4, -0.2) is 19.1 Å². The van der Waals surface area contributed by atoms with Gasteiger partial charge in [-0.05, 0) is 25.1 Å². The van der Waals surface area contributed by atoms with Crippen LogP contribution in [0.4, 0.5) is 13.6 Å². The molecule has 1 aromatic rings. The third-order valence-corrected chi connectivity index (χ3v) is 2.30. The number of hydrogen-bond acceptors (Lipinski definition) is 2. The molecule has 0 spiro atoms. The van der Waals surface area contributed by atoms with Crippen molar-refractivity contribution in [3.8, 4) is 0 Å². The monoisotopic (exact) mass is 243 g/mol. The van der Waals surface area contributed by atoms with Gasteiger partial charge in [0.25, 0.3) is 0 Å². The van der Waals surface area contributed by atoms with Crippen LogP contribution in [0.25, 0.3) is 0 Å². The Balaban J connectivity index is 2.49. The highest BCUT2D eigenvalue weighted by Crippen LogP contribution is 2.17. The number of urea groups is 1. The van der Waals surface area contributed by atoms with Crippen LogP contribution in [0.3, 0.4) is 0 Å². The highest BCUT2D eigenvalue weighted by Gasteiger charge is 2.11. The van der Waals surface area contributed by atoms with E-state index in [1.807, 2.05) is 0 Å². The van der Waals surface area contributed by atoms with Gasteiger partial charge in [0.05, 0.1) is 0 Å². The molecule has 17 heavy (non-hydrogen) atoms. The molecule has 1 atom stereocenters. The number of nitrogens with two attached hydrogens (primary N) is 1. The zero-order valence-electron chi connectivity index (χ0n) is 9.47. The summed E-state index contributed by atoms with van der Waals surface area (Å²) in [6.07, 6.45) is 0. The number of carbonyl (C=O) groups excluding carboxylic acids is 1. The van der Waals surface area contributed by atoms with Gasteiger partial charge >= 0.3 is 6.03 Å². The number of benzene rings is 1. The molecule has 0 fully saturated rings. The number of amides is 2. The third-order valence-electron chi connectivity index (χ3n) is 2.30. The summed E-state index contributed by atoms with van der Waals surface area (Å²) in [6.45, 7) is 2.46. The first-order valence-corrected chi connectivity index (χ1v) is 5.22. The molecule has 1 rings (SSSR count). The maximum absolute atomic E-state index is 13.4. The minimum Gasteiger partial charge on any atom is -0.352 e. The lowest BCUT2D eigenvalue weighted by Gasteiger charge is -2.15. The van der Waals surface area contributed by atoms with E-state index >= 15 is 0 Å². The first-order valence-electron chi connectivity index (χ1n) is 5.22. The molecular weight excluding hydrogens is 228 g/mol. The molecular formula is C11H15F2N3O. The Morgan fingerprint density at radius 3 is 2.76 bits per heavy atom. The molecule has 1 unspecified atom stereocenters. The van der Waals surface area contributed by atoms with E-state index in [0.717, 1.165) is 18.2 Å². The summed E-state index contributed by atoms with van der Waals surface area (Å²) >= 11 is 0. The summed E-state index contributed by atoms with van der Waals surface area (Å²) in [5.41, 5.74) is 5.13. The number of carbonyl (C=O) groups is 1. The Hall–Kier alpha value is -1.69. The number of nitrogens with one attached hydrogen (secondary N) is 2. The molecule has 4 N–H and O–H groups in total. The van der Waals surface area contributed by atoms with Crippen molar-refractivity contribution in [3.05, 3.63) is 35.4 Å². The van der Waals surface area contributed by atoms with Crippen molar-refractivity contribution in [3.63, 3.8) is 0 Å². The van der Waals surface area contributed by atoms with E-state index in [0.29, 0.717) is 13.1 Å². The van der Waals surface area contributed by atoms with Crippen molar-refractivity contribution >= 4 is 6.03 Å². The molecule has 1 aromatic carbocycles. The molecule has 0 saturated carbocycles. The molecule has 0 aromatic heterocycles. The Morgan fingerprint density at radius 1 is 1.41 bits per heavy atom. The van der Waals surface area contributed by atoms with Crippen LogP contribution >= 0.6 is 0 Å². The van der Waals surface area contributed by atoms with E-state index < -0.39 is 17.7 Å². The van der Waals surface area contributed by atoms with Gasteiger partial charge in [-0.2, -0.15) is 0 Å². The quantitative estimate of drug-likeness (QED) is 0.682. The Kier molecular flexibility index (Phi) is 4.84. The molecule has 6 heteroatoms. The van der Waals surface area contributed by atoms with Gasteiger partial charge in [-0.15, -0.1) is 0 Å². The van der Waals surface area contributed by atoms with Gasteiger partial charge in [-0.1, -0.05) is 0 Å². The first kappa shape index (κ1) is 13.4. The van der Waals surface area contributed by atoms with Gasteiger partial charge in [-0.3, -0.25) is 0 Å². The van der Waals surface area contributed by atoms with Crippen LogP contribution in [0.2, 0.25) is 0 Å². The third kappa shape index (κ3) is 4.36. The molecule has 4 nitrogen and oxygen atoms in total. The van der Waals surface area contributed by atoms with Crippen molar-refractivity contribution < 1.29 is 13.6 Å². The molecule has 0 aliphatic carbocycles. The van der Waals surface area contributed by atoms with Crippen molar-refractivity contribution in [2.24, 2.45) is 5.73 Å². The van der Waals surface area contributed by atoms with Crippen molar-refractivity contribution in [2.45, 2.75) is 13.0 Å². The maximum atomic E-state index is 13.4. The van der Waals surface area contributed by atoms with Gasteiger partial charge in [0.15, 0.2) is 0 Å². The van der Waals surface area contributed by atoms with Crippen LogP contribution in [0.1, 0.15) is 18.5 Å². The van der Waals surface area contributed by atoms with E-state index in [-0.39, 0.29) is 11.6 Å². The fourth-order valence-corrected chi connectivity index (χ4v) is 1.43. The zero-order chi connectivity index (χ0) is 12.8. The number of rotatable bonds is 5.